The molecule has 0 aliphatic heterocycles. The first-order valence-electron chi connectivity index (χ1n) is 4.94. The van der Waals surface area contributed by atoms with Gasteiger partial charge in [0.25, 0.3) is 5.69 Å². The normalized spacial score (nSPS) is 10.5. The lowest BCUT2D eigenvalue weighted by Crippen LogP contribution is -2.03. The van der Waals surface area contributed by atoms with Gasteiger partial charge >= 0.3 is 0 Å². The number of nitrogen functional groups attached to an aromatic ring is 1. The smallest absolute Gasteiger partial charge is 0.271 e. The van der Waals surface area contributed by atoms with Crippen LogP contribution in [0.2, 0.25) is 0 Å². The number of hydrogen-bond donors (Lipinski definition) is 1. The van der Waals surface area contributed by atoms with E-state index in [1.165, 1.54) is 16.8 Å². The predicted octanol–water partition coefficient (Wildman–Crippen LogP) is 1.37. The van der Waals surface area contributed by atoms with Crippen molar-refractivity contribution in [3.63, 3.8) is 0 Å². The third kappa shape index (κ3) is 1.82. The van der Waals surface area contributed by atoms with Gasteiger partial charge in [-0.15, -0.1) is 5.10 Å². The lowest BCUT2D eigenvalue weighted by molar-refractivity contribution is -0.384. The van der Waals surface area contributed by atoms with Crippen molar-refractivity contribution in [2.45, 2.75) is 13.8 Å². The summed E-state index contributed by atoms with van der Waals surface area (Å²) in [6.45, 7) is 3.60. The quantitative estimate of drug-likeness (QED) is 0.623. The van der Waals surface area contributed by atoms with E-state index >= 15 is 0 Å². The van der Waals surface area contributed by atoms with Crippen molar-refractivity contribution in [3.8, 4) is 5.69 Å². The van der Waals surface area contributed by atoms with Crippen LogP contribution in [0.5, 0.6) is 0 Å². The number of aryl methyl sites for hydroxylation is 1. The van der Waals surface area contributed by atoms with Crippen LogP contribution < -0.4 is 5.73 Å². The van der Waals surface area contributed by atoms with Crippen molar-refractivity contribution >= 4 is 11.5 Å². The van der Waals surface area contributed by atoms with Gasteiger partial charge in [0, 0.05) is 12.1 Å². The highest BCUT2D eigenvalue weighted by Crippen LogP contribution is 2.22. The van der Waals surface area contributed by atoms with Crippen LogP contribution in [0.4, 0.5) is 11.5 Å². The van der Waals surface area contributed by atoms with Gasteiger partial charge in [-0.3, -0.25) is 10.1 Å². The molecule has 1 aromatic heterocycles. The molecule has 0 saturated carbocycles. The molecule has 88 valence electrons. The van der Waals surface area contributed by atoms with Crippen molar-refractivity contribution < 1.29 is 4.92 Å². The van der Waals surface area contributed by atoms with Crippen molar-refractivity contribution in [3.05, 3.63) is 39.6 Å². The second kappa shape index (κ2) is 3.85. The van der Waals surface area contributed by atoms with Crippen LogP contribution in [0, 0.1) is 24.0 Å². The van der Waals surface area contributed by atoms with Gasteiger partial charge in [-0.05, 0) is 19.4 Å². The first kappa shape index (κ1) is 11.1. The molecule has 7 nitrogen and oxygen atoms in total. The van der Waals surface area contributed by atoms with E-state index in [1.54, 1.807) is 13.0 Å². The maximum atomic E-state index is 10.7. The summed E-state index contributed by atoms with van der Waals surface area (Å²) in [5, 5.41) is 18.3. The molecule has 0 atom stereocenters. The summed E-state index contributed by atoms with van der Waals surface area (Å²) in [6.07, 6.45) is 0. The molecule has 0 aliphatic rings. The molecule has 2 aromatic rings. The minimum absolute atomic E-state index is 0.0130. The fraction of sp³-hybridized carbons (Fsp3) is 0.200. The van der Waals surface area contributed by atoms with Crippen LogP contribution in [-0.4, -0.2) is 19.9 Å². The SMILES string of the molecule is Cc1ccc([N+](=O)[O-])cc1-n1nnc(N)c1C. The minimum atomic E-state index is -0.446. The molecule has 0 fully saturated rings. The first-order chi connectivity index (χ1) is 8.00. The van der Waals surface area contributed by atoms with E-state index in [1.807, 2.05) is 6.92 Å². The number of nitrogens with two attached hydrogens (primary N) is 1. The number of nitro groups is 1. The Morgan fingerprint density at radius 2 is 2.12 bits per heavy atom. The summed E-state index contributed by atoms with van der Waals surface area (Å²) >= 11 is 0. The zero-order valence-corrected chi connectivity index (χ0v) is 9.41. The monoisotopic (exact) mass is 233 g/mol. The summed E-state index contributed by atoms with van der Waals surface area (Å²) in [5.74, 6) is 0.316. The Bertz CT molecular complexity index is 590. The summed E-state index contributed by atoms with van der Waals surface area (Å²) in [7, 11) is 0. The molecule has 1 heterocycles. The number of rotatable bonds is 2. The van der Waals surface area contributed by atoms with Gasteiger partial charge in [-0.2, -0.15) is 0 Å². The van der Waals surface area contributed by atoms with Gasteiger partial charge in [0.05, 0.1) is 16.3 Å². The first-order valence-corrected chi connectivity index (χ1v) is 4.94. The lowest BCUT2D eigenvalue weighted by atomic mass is 10.2. The Hall–Kier alpha value is -2.44. The van der Waals surface area contributed by atoms with Gasteiger partial charge in [-0.25, -0.2) is 4.68 Å². The standard InChI is InChI=1S/C10H11N5O2/c1-6-3-4-8(15(16)17)5-9(6)14-7(2)10(11)12-13-14/h3-5H,11H2,1-2H3. The summed E-state index contributed by atoms with van der Waals surface area (Å²) in [5.41, 5.74) is 7.75. The molecule has 7 heteroatoms. The Balaban J connectivity index is 2.62. The fourth-order valence-electron chi connectivity index (χ4n) is 1.51. The molecule has 2 N–H and O–H groups in total. The average molecular weight is 233 g/mol. The van der Waals surface area contributed by atoms with Gasteiger partial charge in [0.2, 0.25) is 0 Å². The maximum absolute atomic E-state index is 10.7. The van der Waals surface area contributed by atoms with E-state index in [0.717, 1.165) is 5.56 Å². The highest BCUT2D eigenvalue weighted by Gasteiger charge is 2.13. The second-order valence-corrected chi connectivity index (χ2v) is 3.70. The largest absolute Gasteiger partial charge is 0.381 e. The number of anilines is 1. The number of nitrogens with zero attached hydrogens (tertiary/aromatic N) is 4. The Labute approximate surface area is 97.0 Å². The van der Waals surface area contributed by atoms with E-state index < -0.39 is 4.92 Å². The van der Waals surface area contributed by atoms with Crippen LogP contribution in [-0.2, 0) is 0 Å². The molecule has 0 spiro atoms. The minimum Gasteiger partial charge on any atom is -0.381 e. The van der Waals surface area contributed by atoms with Gasteiger partial charge < -0.3 is 5.73 Å². The lowest BCUT2D eigenvalue weighted by Gasteiger charge is -2.06. The molecular weight excluding hydrogens is 222 g/mol. The zero-order chi connectivity index (χ0) is 12.6. The van der Waals surface area contributed by atoms with Crippen molar-refractivity contribution in [1.29, 1.82) is 0 Å². The molecule has 0 unspecified atom stereocenters. The number of benzene rings is 1. The highest BCUT2D eigenvalue weighted by molar-refractivity contribution is 5.50. The molecule has 0 bridgehead atoms. The Kier molecular flexibility index (Phi) is 2.51. The van der Waals surface area contributed by atoms with Crippen molar-refractivity contribution in [2.75, 3.05) is 5.73 Å². The number of non-ortho nitro benzene ring substituents is 1. The van der Waals surface area contributed by atoms with E-state index in [9.17, 15) is 10.1 Å². The second-order valence-electron chi connectivity index (χ2n) is 3.70. The molecule has 0 aliphatic carbocycles. The van der Waals surface area contributed by atoms with Gasteiger partial charge in [0.15, 0.2) is 5.82 Å². The van der Waals surface area contributed by atoms with Crippen LogP contribution in [0.3, 0.4) is 0 Å². The van der Waals surface area contributed by atoms with Crippen LogP contribution in [0.1, 0.15) is 11.3 Å². The summed E-state index contributed by atoms with van der Waals surface area (Å²) in [4.78, 5) is 10.3. The van der Waals surface area contributed by atoms with Crippen LogP contribution in [0.15, 0.2) is 18.2 Å². The van der Waals surface area contributed by atoms with Crippen LogP contribution in [0.25, 0.3) is 5.69 Å². The maximum Gasteiger partial charge on any atom is 0.271 e. The predicted molar refractivity (Wildman–Crippen MR) is 61.9 cm³/mol. The molecule has 0 saturated heterocycles. The fourth-order valence-corrected chi connectivity index (χ4v) is 1.51. The van der Waals surface area contributed by atoms with E-state index in [-0.39, 0.29) is 5.69 Å². The van der Waals surface area contributed by atoms with Gasteiger partial charge in [0.1, 0.15) is 0 Å². The van der Waals surface area contributed by atoms with E-state index in [4.69, 9.17) is 5.73 Å². The third-order valence-electron chi connectivity index (χ3n) is 2.56. The number of aromatic nitrogens is 3. The van der Waals surface area contributed by atoms with Crippen LogP contribution >= 0.6 is 0 Å². The molecule has 1 aromatic carbocycles. The summed E-state index contributed by atoms with van der Waals surface area (Å²) < 4.78 is 1.50. The van der Waals surface area contributed by atoms with E-state index in [0.29, 0.717) is 17.2 Å². The summed E-state index contributed by atoms with van der Waals surface area (Å²) in [6, 6.07) is 4.58. The zero-order valence-electron chi connectivity index (χ0n) is 9.41. The number of hydrogen-bond acceptors (Lipinski definition) is 5. The Morgan fingerprint density at radius 3 is 2.65 bits per heavy atom. The van der Waals surface area contributed by atoms with Crippen molar-refractivity contribution in [1.82, 2.24) is 15.0 Å². The molecule has 17 heavy (non-hydrogen) atoms. The Morgan fingerprint density at radius 1 is 1.41 bits per heavy atom. The highest BCUT2D eigenvalue weighted by atomic mass is 16.6. The molecule has 0 amide bonds. The molecule has 0 radical (unpaired) electrons. The molecule has 2 rings (SSSR count). The van der Waals surface area contributed by atoms with Gasteiger partial charge in [-0.1, -0.05) is 11.3 Å². The average Bonchev–Trinajstić information content (AvgIpc) is 2.60. The third-order valence-corrected chi connectivity index (χ3v) is 2.56. The molecular formula is C10H11N5O2. The van der Waals surface area contributed by atoms with E-state index in [2.05, 4.69) is 10.3 Å². The topological polar surface area (TPSA) is 99.9 Å². The number of nitro benzene ring substituents is 1. The van der Waals surface area contributed by atoms with Crippen molar-refractivity contribution in [2.24, 2.45) is 0 Å².